The molecule has 73 heavy (non-hydrogen) atoms. The van der Waals surface area contributed by atoms with Crippen molar-refractivity contribution in [2.24, 2.45) is 20.0 Å². The Bertz CT molecular complexity index is 2370. The average molecular weight is 1160 g/mol. The molecule has 2 N–H and O–H groups in total. The molecule has 403 valence electrons. The molecule has 1 unspecified atom stereocenters. The van der Waals surface area contributed by atoms with Crippen LogP contribution in [0, 0.1) is 46.9 Å². The Morgan fingerprint density at radius 3 is 1.70 bits per heavy atom. The van der Waals surface area contributed by atoms with E-state index in [2.05, 4.69) is 39.8 Å². The smallest absolute Gasteiger partial charge is 0.657 e. The molecule has 3 aliphatic rings. The van der Waals surface area contributed by atoms with Gasteiger partial charge >= 0.3 is 39.9 Å². The zero-order valence-corrected chi connectivity index (χ0v) is 45.9. The quantitative estimate of drug-likeness (QED) is 0.116. The summed E-state index contributed by atoms with van der Waals surface area (Å²) in [7, 11) is 3.27. The Hall–Kier alpha value is -4.32. The van der Waals surface area contributed by atoms with Gasteiger partial charge in [0.15, 0.2) is 11.5 Å². The molecule has 6 bridgehead atoms. The van der Waals surface area contributed by atoms with E-state index < -0.39 is 11.9 Å². The minimum atomic E-state index is -1.08. The van der Waals surface area contributed by atoms with Crippen LogP contribution in [0.4, 0.5) is 11.4 Å². The van der Waals surface area contributed by atoms with Crippen LogP contribution in [0.1, 0.15) is 77.8 Å². The van der Waals surface area contributed by atoms with E-state index in [9.17, 15) is 10.2 Å². The summed E-state index contributed by atoms with van der Waals surface area (Å²) in [5.41, 5.74) is 10.2. The third-order valence-electron chi connectivity index (χ3n) is 11.0. The van der Waals surface area contributed by atoms with Crippen molar-refractivity contribution in [3.05, 3.63) is 68.0 Å². The normalized spacial score (nSPS) is 16.4. The van der Waals surface area contributed by atoms with Crippen molar-refractivity contribution in [3.63, 3.8) is 0 Å². The van der Waals surface area contributed by atoms with Crippen molar-refractivity contribution in [2.75, 3.05) is 107 Å². The summed E-state index contributed by atoms with van der Waals surface area (Å²) in [6.07, 6.45) is 13.9. The number of aromatic nitrogens is 1. The zero-order chi connectivity index (χ0) is 52.7. The first-order valence-corrected chi connectivity index (χ1v) is 24.4. The number of carboxylic acids is 2. The standard InChI is InChI=1S/C49H68N5O10.2C2H4O2.Gd/c1-7-36-37(8-2)42-30-44-39(12-10-16-56)35(4)47(54-44)33-51-46-32-49(64-28-26-62-24-22-60-20-18-58-6)48(63-27-25-61-23-21-59-19-17-57-5)31-45(46)50-14-13-40-34(3)38(11-9-15-55)43(52-40)29-41(36)53-42;2*1-2(3)4;/h13-14,29-33,42,55-56H,7-12,15-28H2,1-6H3;2*1H3,(H,3,4);/q-1;;;+3/p-2/b40-13-,43-29-,44-30-,50-14?,51-33?;;;. The molecule has 1 atom stereocenters. The third kappa shape index (κ3) is 23.0. The molecule has 3 aliphatic heterocycles. The summed E-state index contributed by atoms with van der Waals surface area (Å²) in [5, 5.41) is 39.1. The number of aliphatic imine (C=N–C) groups is 4. The molecule has 0 amide bonds. The number of hydrogen-bond acceptors (Lipinski definition) is 18. The van der Waals surface area contributed by atoms with Crippen molar-refractivity contribution < 1.29 is 108 Å². The number of methoxy groups -OCH3 is 2. The van der Waals surface area contributed by atoms with Crippen LogP contribution in [0.25, 0.3) is 12.2 Å². The van der Waals surface area contributed by atoms with Crippen LogP contribution in [0.15, 0.2) is 66.2 Å². The van der Waals surface area contributed by atoms with E-state index in [1.165, 1.54) is 11.1 Å². The van der Waals surface area contributed by atoms with Gasteiger partial charge in [0.1, 0.15) is 13.2 Å². The van der Waals surface area contributed by atoms with Gasteiger partial charge in [-0.15, -0.1) is 10.7 Å². The largest absolute Gasteiger partial charge is 3.00 e. The van der Waals surface area contributed by atoms with Crippen LogP contribution in [-0.2, 0) is 44.4 Å². The Kier molecular flexibility index (Phi) is 33.2. The number of nitrogens with zero attached hydrogens (tertiary/aromatic N) is 5. The zero-order valence-electron chi connectivity index (χ0n) is 43.6. The number of ether oxygens (including phenoxy) is 8. The van der Waals surface area contributed by atoms with Gasteiger partial charge in [0.05, 0.1) is 107 Å². The van der Waals surface area contributed by atoms with Gasteiger partial charge in [-0.3, -0.25) is 15.0 Å². The van der Waals surface area contributed by atoms with Crippen molar-refractivity contribution in [1.82, 2.24) is 4.98 Å². The van der Waals surface area contributed by atoms with E-state index in [0.717, 1.165) is 76.8 Å². The van der Waals surface area contributed by atoms with Gasteiger partial charge in [-0.05, 0) is 94.6 Å². The van der Waals surface area contributed by atoms with Crippen molar-refractivity contribution in [3.8, 4) is 11.5 Å². The van der Waals surface area contributed by atoms with Gasteiger partial charge in [-0.2, -0.15) is 0 Å². The predicted molar refractivity (Wildman–Crippen MR) is 274 cm³/mol. The van der Waals surface area contributed by atoms with Gasteiger partial charge in [-0.1, -0.05) is 37.1 Å². The maximum atomic E-state index is 9.88. The number of benzene rings is 1. The molecule has 2 aromatic rings. The van der Waals surface area contributed by atoms with Crippen molar-refractivity contribution in [2.45, 2.75) is 86.1 Å². The second-order valence-electron chi connectivity index (χ2n) is 16.2. The minimum Gasteiger partial charge on any atom is -0.657 e. The summed E-state index contributed by atoms with van der Waals surface area (Å²) in [4.78, 5) is 43.3. The number of rotatable bonds is 28. The van der Waals surface area contributed by atoms with E-state index in [1.807, 2.05) is 18.2 Å². The van der Waals surface area contributed by atoms with Crippen LogP contribution in [-0.4, -0.2) is 159 Å². The van der Waals surface area contributed by atoms with Crippen molar-refractivity contribution in [1.29, 1.82) is 0 Å². The Morgan fingerprint density at radius 1 is 0.685 bits per heavy atom. The number of hydrogen-bond donors (Lipinski definition) is 2. The maximum Gasteiger partial charge on any atom is 3.00 e. The van der Waals surface area contributed by atoms with Crippen LogP contribution in [0.5, 0.6) is 11.5 Å². The SMILES string of the molecule is CC(=O)[O-].CC(=O)[O-].CCC1=C(CC)C2/C=C3\N=C(C=Nc4cc(OCCOCCOCCOC)c(OCCOCCOCCOC)cc4N=C/C=c4\[n-]/c(c(CCCO)c4C)=C\C1=N2)C(C)=C3CCCO.[Gd+3]. The molecule has 1 aromatic heterocycles. The first-order valence-electron chi connectivity index (χ1n) is 24.4. The molecule has 1 radical (unpaired) electrons. The summed E-state index contributed by atoms with van der Waals surface area (Å²) in [6.45, 7) is 15.5. The van der Waals surface area contributed by atoms with Gasteiger partial charge in [0.25, 0.3) is 0 Å². The summed E-state index contributed by atoms with van der Waals surface area (Å²) in [5.74, 6) is -1.23. The van der Waals surface area contributed by atoms with E-state index in [1.54, 1.807) is 26.6 Å². The number of carbonyl (C=O) groups is 2. The number of fused-ring (bicyclic) bond motifs is 5. The van der Waals surface area contributed by atoms with Crippen LogP contribution >= 0.6 is 0 Å². The average Bonchev–Trinajstić information content (AvgIpc) is 3.95. The van der Waals surface area contributed by atoms with Crippen LogP contribution in [0.2, 0.25) is 0 Å². The fourth-order valence-corrected chi connectivity index (χ4v) is 7.60. The molecule has 0 spiro atoms. The number of allylic oxidation sites excluding steroid dienone is 3. The monoisotopic (exact) mass is 1160 g/mol. The Morgan fingerprint density at radius 2 is 1.19 bits per heavy atom. The maximum absolute atomic E-state index is 9.88. The number of aliphatic hydroxyl groups is 2. The van der Waals surface area contributed by atoms with E-state index in [-0.39, 0.29) is 72.4 Å². The molecular weight excluding hydrogens is 1090 g/mol. The topological polar surface area (TPSA) is 258 Å². The number of carbonyl (C=O) groups excluding carboxylic acids is 2. The Balaban J connectivity index is 0.00000189. The van der Waals surface area contributed by atoms with E-state index >= 15 is 0 Å². The molecular formula is C53H74GdN5O14. The summed E-state index contributed by atoms with van der Waals surface area (Å²) < 4.78 is 45.2. The first-order chi connectivity index (χ1) is 34.8. The fraction of sp³-hybridized carbons (Fsp3) is 0.547. The van der Waals surface area contributed by atoms with Gasteiger partial charge < -0.3 is 72.9 Å². The van der Waals surface area contributed by atoms with Crippen molar-refractivity contribution >= 4 is 59.3 Å². The third-order valence-corrected chi connectivity index (χ3v) is 11.0. The fourth-order valence-electron chi connectivity index (χ4n) is 7.60. The second-order valence-corrected chi connectivity index (χ2v) is 16.2. The second kappa shape index (κ2) is 37.4. The van der Waals surface area contributed by atoms with E-state index in [0.29, 0.717) is 115 Å². The van der Waals surface area contributed by atoms with Gasteiger partial charge in [0, 0.05) is 57.7 Å². The molecule has 0 saturated carbocycles. The molecule has 0 aliphatic carbocycles. The number of aliphatic carboxylic acids is 2. The summed E-state index contributed by atoms with van der Waals surface area (Å²) >= 11 is 0. The van der Waals surface area contributed by atoms with Gasteiger partial charge in [0.2, 0.25) is 0 Å². The molecule has 4 heterocycles. The van der Waals surface area contributed by atoms with Crippen LogP contribution in [0.3, 0.4) is 0 Å². The van der Waals surface area contributed by atoms with E-state index in [4.69, 9.17) is 82.7 Å². The first kappa shape index (κ1) is 64.8. The molecule has 0 fully saturated rings. The predicted octanol–water partition coefficient (Wildman–Crippen LogP) is 2.55. The molecule has 0 saturated heterocycles. The molecule has 19 nitrogen and oxygen atoms in total. The van der Waals surface area contributed by atoms with Crippen LogP contribution < -0.4 is 35.4 Å². The molecule has 5 rings (SSSR count). The summed E-state index contributed by atoms with van der Waals surface area (Å²) in [6, 6.07) is 3.44. The minimum absolute atomic E-state index is 0. The Labute approximate surface area is 461 Å². The van der Waals surface area contributed by atoms with Gasteiger partial charge in [-0.25, -0.2) is 4.99 Å². The number of carboxylic acid groups (broad SMARTS) is 2. The molecule has 20 heteroatoms. The molecule has 1 aromatic carbocycles. The number of aliphatic hydroxyl groups excluding tert-OH is 2.